The van der Waals surface area contributed by atoms with E-state index >= 15 is 0 Å². The lowest BCUT2D eigenvalue weighted by atomic mass is 9.96. The Bertz CT molecular complexity index is 670. The molecule has 1 aliphatic rings. The molecule has 0 atom stereocenters. The Balaban J connectivity index is 1.53. The summed E-state index contributed by atoms with van der Waals surface area (Å²) in [5.41, 5.74) is 0.931. The summed E-state index contributed by atoms with van der Waals surface area (Å²) >= 11 is 0. The molecular weight excluding hydrogens is 292 g/mol. The maximum Gasteiger partial charge on any atom is 0.253 e. The van der Waals surface area contributed by atoms with Gasteiger partial charge in [-0.2, -0.15) is 0 Å². The van der Waals surface area contributed by atoms with E-state index < -0.39 is 0 Å². The summed E-state index contributed by atoms with van der Waals surface area (Å²) in [6, 6.07) is 3.58. The quantitative estimate of drug-likeness (QED) is 0.846. The third-order valence-electron chi connectivity index (χ3n) is 4.52. The molecule has 6 nitrogen and oxygen atoms in total. The van der Waals surface area contributed by atoms with Crippen molar-refractivity contribution >= 4 is 0 Å². The van der Waals surface area contributed by atoms with Gasteiger partial charge in [-0.1, -0.05) is 19.0 Å². The first-order valence-corrected chi connectivity index (χ1v) is 8.30. The average molecular weight is 316 g/mol. The van der Waals surface area contributed by atoms with Crippen LogP contribution < -0.4 is 5.56 Å². The second-order valence-electron chi connectivity index (χ2n) is 6.66. The summed E-state index contributed by atoms with van der Waals surface area (Å²) in [6.07, 6.45) is 5.57. The zero-order valence-electron chi connectivity index (χ0n) is 13.8. The van der Waals surface area contributed by atoms with Crippen LogP contribution in [-0.4, -0.2) is 32.7 Å². The first-order chi connectivity index (χ1) is 11.1. The summed E-state index contributed by atoms with van der Waals surface area (Å²) in [7, 11) is 0. The van der Waals surface area contributed by atoms with Gasteiger partial charge in [-0.05, 0) is 37.8 Å². The van der Waals surface area contributed by atoms with Crippen LogP contribution in [0.3, 0.4) is 0 Å². The number of piperidine rings is 1. The monoisotopic (exact) mass is 316 g/mol. The minimum atomic E-state index is 0.0628. The van der Waals surface area contributed by atoms with Gasteiger partial charge in [-0.25, -0.2) is 4.98 Å². The van der Waals surface area contributed by atoms with Gasteiger partial charge < -0.3 is 4.52 Å². The smallest absolute Gasteiger partial charge is 0.253 e. The van der Waals surface area contributed by atoms with Crippen LogP contribution in [-0.2, 0) is 13.1 Å². The third kappa shape index (κ3) is 4.07. The fourth-order valence-electron chi connectivity index (χ4n) is 3.04. The average Bonchev–Trinajstić information content (AvgIpc) is 3.04. The Labute approximate surface area is 136 Å². The lowest BCUT2D eigenvalue weighted by Gasteiger charge is -2.31. The molecule has 0 N–H and O–H groups in total. The van der Waals surface area contributed by atoms with Crippen molar-refractivity contribution in [2.45, 2.75) is 45.7 Å². The van der Waals surface area contributed by atoms with Crippen LogP contribution in [0.2, 0.25) is 0 Å². The fourth-order valence-corrected chi connectivity index (χ4v) is 3.04. The van der Waals surface area contributed by atoms with E-state index in [4.69, 9.17) is 4.52 Å². The Hall–Kier alpha value is -1.95. The standard InChI is InChI=1S/C17H24N4O2/c1-13(2)16-9-17(22)21(12-18-16)10-14-4-7-20(8-5-14)11-15-3-6-19-23-15/h3,6,9,12-14H,4-5,7-8,10-11H2,1-2H3. The van der Waals surface area contributed by atoms with Crippen molar-refractivity contribution in [3.05, 3.63) is 46.5 Å². The molecule has 0 radical (unpaired) electrons. The Morgan fingerprint density at radius 2 is 2.13 bits per heavy atom. The third-order valence-corrected chi connectivity index (χ3v) is 4.52. The molecule has 1 fully saturated rings. The van der Waals surface area contributed by atoms with Gasteiger partial charge in [-0.15, -0.1) is 0 Å². The molecule has 23 heavy (non-hydrogen) atoms. The summed E-state index contributed by atoms with van der Waals surface area (Å²) in [6.45, 7) is 7.74. The largest absolute Gasteiger partial charge is 0.360 e. The maximum absolute atomic E-state index is 12.2. The first kappa shape index (κ1) is 15.9. The van der Waals surface area contributed by atoms with Gasteiger partial charge in [0.25, 0.3) is 5.56 Å². The molecule has 2 aromatic rings. The SMILES string of the molecule is CC(C)c1cc(=O)n(CC2CCN(Cc3ccno3)CC2)cn1. The normalized spacial score (nSPS) is 17.0. The predicted molar refractivity (Wildman–Crippen MR) is 87.1 cm³/mol. The van der Waals surface area contributed by atoms with Crippen LogP contribution in [0.1, 0.15) is 44.1 Å². The van der Waals surface area contributed by atoms with E-state index in [0.29, 0.717) is 5.92 Å². The second kappa shape index (κ2) is 7.08. The van der Waals surface area contributed by atoms with Gasteiger partial charge in [0.2, 0.25) is 0 Å². The van der Waals surface area contributed by atoms with E-state index in [1.165, 1.54) is 0 Å². The number of rotatable bonds is 5. The van der Waals surface area contributed by atoms with Gasteiger partial charge in [-0.3, -0.25) is 14.3 Å². The lowest BCUT2D eigenvalue weighted by molar-refractivity contribution is 0.152. The fraction of sp³-hybridized carbons (Fsp3) is 0.588. The molecule has 0 saturated carbocycles. The molecule has 6 heteroatoms. The highest BCUT2D eigenvalue weighted by molar-refractivity contribution is 5.04. The van der Waals surface area contributed by atoms with Crippen LogP contribution in [0.25, 0.3) is 0 Å². The molecule has 0 unspecified atom stereocenters. The maximum atomic E-state index is 12.2. The predicted octanol–water partition coefficient (Wildman–Crippen LogP) is 2.27. The Kier molecular flexibility index (Phi) is 4.91. The van der Waals surface area contributed by atoms with Crippen molar-refractivity contribution in [1.29, 1.82) is 0 Å². The molecule has 0 spiro atoms. The van der Waals surface area contributed by atoms with Crippen molar-refractivity contribution in [2.75, 3.05) is 13.1 Å². The minimum absolute atomic E-state index is 0.0628. The van der Waals surface area contributed by atoms with Crippen molar-refractivity contribution in [3.63, 3.8) is 0 Å². The number of hydrogen-bond acceptors (Lipinski definition) is 5. The molecule has 0 amide bonds. The van der Waals surface area contributed by atoms with Crippen LogP contribution in [0.15, 0.2) is 34.0 Å². The van der Waals surface area contributed by atoms with E-state index in [-0.39, 0.29) is 11.5 Å². The molecule has 1 saturated heterocycles. The van der Waals surface area contributed by atoms with E-state index in [2.05, 4.69) is 28.9 Å². The topological polar surface area (TPSA) is 64.2 Å². The highest BCUT2D eigenvalue weighted by Crippen LogP contribution is 2.20. The molecule has 0 aromatic carbocycles. The number of nitrogens with zero attached hydrogens (tertiary/aromatic N) is 4. The van der Waals surface area contributed by atoms with Gasteiger partial charge in [0.05, 0.1) is 24.8 Å². The zero-order chi connectivity index (χ0) is 16.2. The van der Waals surface area contributed by atoms with Gasteiger partial charge in [0.15, 0.2) is 5.76 Å². The highest BCUT2D eigenvalue weighted by Gasteiger charge is 2.21. The zero-order valence-corrected chi connectivity index (χ0v) is 13.8. The van der Waals surface area contributed by atoms with Crippen LogP contribution in [0, 0.1) is 5.92 Å². The summed E-state index contributed by atoms with van der Waals surface area (Å²) in [4.78, 5) is 19.0. The molecule has 1 aliphatic heterocycles. The van der Waals surface area contributed by atoms with E-state index in [0.717, 1.165) is 50.5 Å². The van der Waals surface area contributed by atoms with Gasteiger partial charge in [0, 0.05) is 18.7 Å². The van der Waals surface area contributed by atoms with Crippen LogP contribution in [0.5, 0.6) is 0 Å². The number of likely N-dealkylation sites (tertiary alicyclic amines) is 1. The molecule has 0 aliphatic carbocycles. The summed E-state index contributed by atoms with van der Waals surface area (Å²) in [5, 5.41) is 3.74. The lowest BCUT2D eigenvalue weighted by Crippen LogP contribution is -2.36. The minimum Gasteiger partial charge on any atom is -0.360 e. The highest BCUT2D eigenvalue weighted by atomic mass is 16.5. The van der Waals surface area contributed by atoms with Crippen molar-refractivity contribution in [2.24, 2.45) is 5.92 Å². The van der Waals surface area contributed by atoms with Gasteiger partial charge >= 0.3 is 0 Å². The number of hydrogen-bond donors (Lipinski definition) is 0. The molecule has 3 heterocycles. The van der Waals surface area contributed by atoms with Gasteiger partial charge in [0.1, 0.15) is 0 Å². The van der Waals surface area contributed by atoms with Crippen molar-refractivity contribution < 1.29 is 4.52 Å². The first-order valence-electron chi connectivity index (χ1n) is 8.30. The van der Waals surface area contributed by atoms with Crippen LogP contribution >= 0.6 is 0 Å². The van der Waals surface area contributed by atoms with Crippen molar-refractivity contribution in [3.8, 4) is 0 Å². The Morgan fingerprint density at radius 1 is 1.35 bits per heavy atom. The van der Waals surface area contributed by atoms with E-state index in [1.807, 2.05) is 6.07 Å². The molecular formula is C17H24N4O2. The molecule has 0 bridgehead atoms. The van der Waals surface area contributed by atoms with Crippen molar-refractivity contribution in [1.82, 2.24) is 19.6 Å². The molecule has 124 valence electrons. The summed E-state index contributed by atoms with van der Waals surface area (Å²) in [5.74, 6) is 1.73. The van der Waals surface area contributed by atoms with E-state index in [9.17, 15) is 4.79 Å². The molecule has 2 aromatic heterocycles. The van der Waals surface area contributed by atoms with Crippen LogP contribution in [0.4, 0.5) is 0 Å². The van der Waals surface area contributed by atoms with E-state index in [1.54, 1.807) is 23.2 Å². The number of aromatic nitrogens is 3. The second-order valence-corrected chi connectivity index (χ2v) is 6.66. The molecule has 3 rings (SSSR count). The Morgan fingerprint density at radius 3 is 2.74 bits per heavy atom. The summed E-state index contributed by atoms with van der Waals surface area (Å²) < 4.78 is 6.91.